The summed E-state index contributed by atoms with van der Waals surface area (Å²) in [5.74, 6) is -0.978. The number of carbonyl (C=O) groups excluding carboxylic acids is 3. The van der Waals surface area contributed by atoms with E-state index in [1.165, 1.54) is 19.3 Å². The largest absolute Gasteiger partial charge is 0.462 e. The zero-order valence-corrected chi connectivity index (χ0v) is 38.4. The molecule has 0 fully saturated rings. The van der Waals surface area contributed by atoms with Gasteiger partial charge in [-0.05, 0) is 103 Å². The molecule has 0 rings (SSSR count). The molecule has 0 aromatic carbocycles. The number of carbonyl (C=O) groups is 3. The Morgan fingerprint density at radius 3 is 1.03 bits per heavy atom. The van der Waals surface area contributed by atoms with Gasteiger partial charge < -0.3 is 14.2 Å². The number of allylic oxidation sites excluding steroid dienone is 18. The van der Waals surface area contributed by atoms with Gasteiger partial charge in [0.2, 0.25) is 0 Å². The second-order valence-corrected chi connectivity index (χ2v) is 15.3. The molecule has 0 bridgehead atoms. The van der Waals surface area contributed by atoms with Gasteiger partial charge in [0.25, 0.3) is 0 Å². The molecule has 6 nitrogen and oxygen atoms in total. The van der Waals surface area contributed by atoms with E-state index in [1.54, 1.807) is 0 Å². The molecule has 0 saturated heterocycles. The van der Waals surface area contributed by atoms with E-state index < -0.39 is 6.10 Å². The Balaban J connectivity index is 4.38. The van der Waals surface area contributed by atoms with Crippen LogP contribution in [0.1, 0.15) is 194 Å². The van der Waals surface area contributed by atoms with Gasteiger partial charge in [-0.25, -0.2) is 0 Å². The average molecular weight is 831 g/mol. The van der Waals surface area contributed by atoms with Crippen LogP contribution in [-0.4, -0.2) is 37.2 Å². The lowest BCUT2D eigenvalue weighted by molar-refractivity contribution is -0.167. The minimum Gasteiger partial charge on any atom is -0.462 e. The fraction of sp³-hybridized carbons (Fsp3) is 0.611. The zero-order valence-electron chi connectivity index (χ0n) is 38.4. The molecule has 1 atom stereocenters. The van der Waals surface area contributed by atoms with Gasteiger partial charge in [-0.1, -0.05) is 182 Å². The maximum absolute atomic E-state index is 12.7. The van der Waals surface area contributed by atoms with E-state index in [0.29, 0.717) is 12.8 Å². The molecule has 0 aromatic heterocycles. The minimum absolute atomic E-state index is 0.101. The Labute approximate surface area is 368 Å². The van der Waals surface area contributed by atoms with E-state index in [-0.39, 0.29) is 37.5 Å². The van der Waals surface area contributed by atoms with Crippen LogP contribution >= 0.6 is 0 Å². The van der Waals surface area contributed by atoms with Gasteiger partial charge in [-0.15, -0.1) is 0 Å². The lowest BCUT2D eigenvalue weighted by Crippen LogP contribution is -2.30. The van der Waals surface area contributed by atoms with Gasteiger partial charge in [0, 0.05) is 19.3 Å². The second-order valence-electron chi connectivity index (χ2n) is 15.3. The molecular formula is C54H86O6. The Bertz CT molecular complexity index is 1280. The van der Waals surface area contributed by atoms with E-state index in [2.05, 4.69) is 130 Å². The molecule has 0 N–H and O–H groups in total. The summed E-state index contributed by atoms with van der Waals surface area (Å²) >= 11 is 0. The molecule has 6 heteroatoms. The highest BCUT2D eigenvalue weighted by Crippen LogP contribution is 2.12. The maximum atomic E-state index is 12.7. The third-order valence-electron chi connectivity index (χ3n) is 9.52. The first-order valence-electron chi connectivity index (χ1n) is 23.9. The van der Waals surface area contributed by atoms with E-state index >= 15 is 0 Å². The van der Waals surface area contributed by atoms with E-state index in [0.717, 1.165) is 135 Å². The standard InChI is InChI=1S/C54H86O6/c1-4-7-10-13-16-18-20-22-24-26-27-29-30-32-34-36-38-41-44-47-53(56)59-50-51(49-58-52(55)46-43-40-15-12-9-6-3)60-54(57)48-45-42-39-37-35-33-31-28-25-23-21-19-17-14-11-8-5-2/h7-8,10-11,16-19,22-25,27,29,31-34,51H,4-6,9,12-15,20-21,26,28,30,35-50H2,1-3H3/b10-7-,11-8-,18-16-,19-17-,24-22-,25-23-,29-27-,33-31-,34-32-. The smallest absolute Gasteiger partial charge is 0.306 e. The summed E-state index contributed by atoms with van der Waals surface area (Å²) in [4.78, 5) is 37.7. The van der Waals surface area contributed by atoms with Crippen molar-refractivity contribution in [2.24, 2.45) is 0 Å². The number of esters is 3. The van der Waals surface area contributed by atoms with Crippen molar-refractivity contribution in [2.75, 3.05) is 13.2 Å². The van der Waals surface area contributed by atoms with Crippen LogP contribution in [0.5, 0.6) is 0 Å². The molecule has 60 heavy (non-hydrogen) atoms. The maximum Gasteiger partial charge on any atom is 0.306 e. The fourth-order valence-electron chi connectivity index (χ4n) is 5.99. The summed E-state index contributed by atoms with van der Waals surface area (Å²) in [6.07, 6.45) is 63.8. The van der Waals surface area contributed by atoms with Crippen LogP contribution in [0.4, 0.5) is 0 Å². The summed E-state index contributed by atoms with van der Waals surface area (Å²) in [5, 5.41) is 0. The molecule has 0 aromatic rings. The van der Waals surface area contributed by atoms with Crippen molar-refractivity contribution >= 4 is 17.9 Å². The van der Waals surface area contributed by atoms with Crippen molar-refractivity contribution in [3.05, 3.63) is 109 Å². The van der Waals surface area contributed by atoms with Crippen LogP contribution in [0.2, 0.25) is 0 Å². The predicted molar refractivity (Wildman–Crippen MR) is 256 cm³/mol. The normalized spacial score (nSPS) is 13.1. The summed E-state index contributed by atoms with van der Waals surface area (Å²) in [7, 11) is 0. The fourth-order valence-corrected chi connectivity index (χ4v) is 5.99. The number of hydrogen-bond acceptors (Lipinski definition) is 6. The van der Waals surface area contributed by atoms with Crippen molar-refractivity contribution in [3.63, 3.8) is 0 Å². The highest BCUT2D eigenvalue weighted by Gasteiger charge is 2.19. The first kappa shape index (κ1) is 56.1. The van der Waals surface area contributed by atoms with Gasteiger partial charge in [0.1, 0.15) is 13.2 Å². The third kappa shape index (κ3) is 45.2. The molecule has 0 heterocycles. The first-order chi connectivity index (χ1) is 29.5. The van der Waals surface area contributed by atoms with Gasteiger partial charge in [-0.3, -0.25) is 14.4 Å². The highest BCUT2D eigenvalue weighted by atomic mass is 16.6. The van der Waals surface area contributed by atoms with Crippen molar-refractivity contribution in [3.8, 4) is 0 Å². The number of rotatable bonds is 41. The van der Waals surface area contributed by atoms with Crippen molar-refractivity contribution in [2.45, 2.75) is 200 Å². The van der Waals surface area contributed by atoms with Crippen molar-refractivity contribution in [1.29, 1.82) is 0 Å². The van der Waals surface area contributed by atoms with Gasteiger partial charge in [-0.2, -0.15) is 0 Å². The Kier molecular flexibility index (Phi) is 44.6. The minimum atomic E-state index is -0.802. The van der Waals surface area contributed by atoms with Crippen LogP contribution in [0.3, 0.4) is 0 Å². The summed E-state index contributed by atoms with van der Waals surface area (Å²) in [5.41, 5.74) is 0. The second kappa shape index (κ2) is 47.7. The van der Waals surface area contributed by atoms with E-state index in [4.69, 9.17) is 14.2 Å². The van der Waals surface area contributed by atoms with E-state index in [1.807, 2.05) is 0 Å². The Morgan fingerprint density at radius 2 is 0.650 bits per heavy atom. The summed E-state index contributed by atoms with van der Waals surface area (Å²) in [6.45, 7) is 6.27. The van der Waals surface area contributed by atoms with Crippen LogP contribution in [-0.2, 0) is 28.6 Å². The molecule has 0 aliphatic carbocycles. The van der Waals surface area contributed by atoms with Crippen LogP contribution < -0.4 is 0 Å². The Hall–Kier alpha value is -3.93. The molecule has 0 spiro atoms. The molecule has 0 radical (unpaired) electrons. The van der Waals surface area contributed by atoms with Gasteiger partial charge in [0.05, 0.1) is 0 Å². The molecule has 338 valence electrons. The lowest BCUT2D eigenvalue weighted by atomic mass is 10.1. The topological polar surface area (TPSA) is 78.9 Å². The Morgan fingerprint density at radius 1 is 0.350 bits per heavy atom. The predicted octanol–water partition coefficient (Wildman–Crippen LogP) is 15.6. The highest BCUT2D eigenvalue weighted by molar-refractivity contribution is 5.71. The van der Waals surface area contributed by atoms with Crippen LogP contribution in [0.25, 0.3) is 0 Å². The molecule has 0 saturated carbocycles. The first-order valence-corrected chi connectivity index (χ1v) is 23.9. The zero-order chi connectivity index (χ0) is 43.7. The number of ether oxygens (including phenoxy) is 3. The summed E-state index contributed by atoms with van der Waals surface area (Å²) in [6, 6.07) is 0. The molecule has 1 unspecified atom stereocenters. The third-order valence-corrected chi connectivity index (χ3v) is 9.52. The van der Waals surface area contributed by atoms with Gasteiger partial charge in [0.15, 0.2) is 6.10 Å². The number of hydrogen-bond donors (Lipinski definition) is 0. The quantitative estimate of drug-likeness (QED) is 0.0264. The van der Waals surface area contributed by atoms with Crippen LogP contribution in [0, 0.1) is 0 Å². The van der Waals surface area contributed by atoms with Crippen LogP contribution in [0.15, 0.2) is 109 Å². The molecular weight excluding hydrogens is 745 g/mol. The SMILES string of the molecule is CC/C=C\C/C=C\C/C=C\C/C=C\C/C=C\CCCCCC(=O)OCC(COC(=O)CCCCCCCC)OC(=O)CCCCCC/C=C\C/C=C\C/C=C\C/C=C\CC. The van der Waals surface area contributed by atoms with Crippen molar-refractivity contribution < 1.29 is 28.6 Å². The van der Waals surface area contributed by atoms with Gasteiger partial charge >= 0.3 is 17.9 Å². The number of unbranched alkanes of at least 4 members (excludes halogenated alkanes) is 12. The molecule has 0 aliphatic heterocycles. The summed E-state index contributed by atoms with van der Waals surface area (Å²) < 4.78 is 16.6. The molecule has 0 amide bonds. The van der Waals surface area contributed by atoms with E-state index in [9.17, 15) is 14.4 Å². The molecule has 0 aliphatic rings. The van der Waals surface area contributed by atoms with Crippen molar-refractivity contribution in [1.82, 2.24) is 0 Å². The lowest BCUT2D eigenvalue weighted by Gasteiger charge is -2.18. The monoisotopic (exact) mass is 831 g/mol. The average Bonchev–Trinajstić information content (AvgIpc) is 3.24.